The van der Waals surface area contributed by atoms with Gasteiger partial charge < -0.3 is 0 Å². The lowest BCUT2D eigenvalue weighted by molar-refractivity contribution is 0.0982. The van der Waals surface area contributed by atoms with E-state index in [0.29, 0.717) is 18.4 Å². The lowest BCUT2D eigenvalue weighted by atomic mass is 9.95. The zero-order valence-corrected chi connectivity index (χ0v) is 17.2. The highest BCUT2D eigenvalue weighted by molar-refractivity contribution is 6.06. The van der Waals surface area contributed by atoms with Gasteiger partial charge in [0, 0.05) is 17.5 Å². The van der Waals surface area contributed by atoms with Crippen LogP contribution in [0.5, 0.6) is 0 Å². The second-order valence-electron chi connectivity index (χ2n) is 7.48. The number of Topliss-reactive ketones (excluding diaryl/α,β-unsaturated/α-hetero) is 1. The van der Waals surface area contributed by atoms with Crippen LogP contribution in [0.25, 0.3) is 6.08 Å². The molecule has 0 amide bonds. The maximum atomic E-state index is 12.5. The zero-order chi connectivity index (χ0) is 20.8. The molecular formula is C27H26O2. The quantitative estimate of drug-likeness (QED) is 0.354. The standard InChI is InChI=1S/C27H26O2/c1-19-7-11-24(12-8-19)26(28)17-15-22-5-4-6-23(21(22)3)16-18-27(29)25-13-9-20(2)10-14-25/h4-15,17H,16,18H2,1-3H3/b17-15+. The molecule has 0 aromatic heterocycles. The fraction of sp³-hybridized carbons (Fsp3) is 0.185. The molecule has 0 bridgehead atoms. The summed E-state index contributed by atoms with van der Waals surface area (Å²) in [5, 5.41) is 0. The third-order valence-electron chi connectivity index (χ3n) is 5.23. The van der Waals surface area contributed by atoms with Gasteiger partial charge in [-0.1, -0.05) is 83.9 Å². The van der Waals surface area contributed by atoms with Crippen molar-refractivity contribution in [2.24, 2.45) is 0 Å². The monoisotopic (exact) mass is 382 g/mol. The average molecular weight is 383 g/mol. The molecule has 0 spiro atoms. The molecule has 146 valence electrons. The predicted molar refractivity (Wildman–Crippen MR) is 120 cm³/mol. The van der Waals surface area contributed by atoms with Gasteiger partial charge in [-0.3, -0.25) is 9.59 Å². The Morgan fingerprint density at radius 1 is 0.759 bits per heavy atom. The topological polar surface area (TPSA) is 34.1 Å². The van der Waals surface area contributed by atoms with Gasteiger partial charge in [-0.05, 0) is 50.0 Å². The van der Waals surface area contributed by atoms with E-state index in [2.05, 4.69) is 6.07 Å². The van der Waals surface area contributed by atoms with Gasteiger partial charge >= 0.3 is 0 Å². The van der Waals surface area contributed by atoms with Gasteiger partial charge in [0.1, 0.15) is 0 Å². The molecule has 3 rings (SSSR count). The number of ketones is 2. The van der Waals surface area contributed by atoms with E-state index in [1.54, 1.807) is 6.08 Å². The minimum atomic E-state index is -0.00986. The van der Waals surface area contributed by atoms with E-state index >= 15 is 0 Å². The number of aryl methyl sites for hydroxylation is 3. The summed E-state index contributed by atoms with van der Waals surface area (Å²) in [6, 6.07) is 21.3. The lowest BCUT2D eigenvalue weighted by Crippen LogP contribution is -2.02. The molecule has 2 nitrogen and oxygen atoms in total. The summed E-state index contributed by atoms with van der Waals surface area (Å²) in [6.07, 6.45) is 4.64. The first kappa shape index (κ1) is 20.5. The highest BCUT2D eigenvalue weighted by Crippen LogP contribution is 2.19. The molecule has 29 heavy (non-hydrogen) atoms. The van der Waals surface area contributed by atoms with Gasteiger partial charge in [0.25, 0.3) is 0 Å². The van der Waals surface area contributed by atoms with Crippen LogP contribution in [0.3, 0.4) is 0 Å². The molecule has 0 heterocycles. The molecular weight excluding hydrogens is 356 g/mol. The predicted octanol–water partition coefficient (Wildman–Crippen LogP) is 6.32. The Labute approximate surface area is 172 Å². The molecule has 0 N–H and O–H groups in total. The molecule has 0 saturated carbocycles. The molecule has 0 aliphatic carbocycles. The molecule has 2 heteroatoms. The minimum absolute atomic E-state index is 0.00986. The first-order chi connectivity index (χ1) is 13.9. The minimum Gasteiger partial charge on any atom is -0.294 e. The Bertz CT molecular complexity index is 1040. The van der Waals surface area contributed by atoms with Gasteiger partial charge in [-0.25, -0.2) is 0 Å². The van der Waals surface area contributed by atoms with Crippen LogP contribution in [-0.4, -0.2) is 11.6 Å². The van der Waals surface area contributed by atoms with Crippen LogP contribution in [0.1, 0.15) is 55.0 Å². The highest BCUT2D eigenvalue weighted by Gasteiger charge is 2.09. The first-order valence-corrected chi connectivity index (χ1v) is 9.91. The van der Waals surface area contributed by atoms with Crippen LogP contribution in [0, 0.1) is 20.8 Å². The normalized spacial score (nSPS) is 11.0. The molecule has 3 aromatic carbocycles. The van der Waals surface area contributed by atoms with Crippen molar-refractivity contribution in [2.75, 3.05) is 0 Å². The van der Waals surface area contributed by atoms with Gasteiger partial charge in [0.05, 0.1) is 0 Å². The Morgan fingerprint density at radius 2 is 1.34 bits per heavy atom. The Kier molecular flexibility index (Phi) is 6.56. The van der Waals surface area contributed by atoms with E-state index in [9.17, 15) is 9.59 Å². The molecule has 0 aliphatic rings. The van der Waals surface area contributed by atoms with Crippen molar-refractivity contribution in [3.63, 3.8) is 0 Å². The van der Waals surface area contributed by atoms with Crippen LogP contribution in [0.2, 0.25) is 0 Å². The summed E-state index contributed by atoms with van der Waals surface area (Å²) < 4.78 is 0. The Morgan fingerprint density at radius 3 is 1.97 bits per heavy atom. The van der Waals surface area contributed by atoms with E-state index in [0.717, 1.165) is 33.4 Å². The number of benzene rings is 3. The van der Waals surface area contributed by atoms with E-state index < -0.39 is 0 Å². The second-order valence-corrected chi connectivity index (χ2v) is 7.48. The first-order valence-electron chi connectivity index (χ1n) is 9.91. The number of hydrogen-bond donors (Lipinski definition) is 0. The van der Waals surface area contributed by atoms with Crippen molar-refractivity contribution in [2.45, 2.75) is 33.6 Å². The van der Waals surface area contributed by atoms with Crippen molar-refractivity contribution in [3.8, 4) is 0 Å². The summed E-state index contributed by atoms with van der Waals surface area (Å²) in [5.41, 5.74) is 6.97. The fourth-order valence-corrected chi connectivity index (χ4v) is 3.27. The number of hydrogen-bond acceptors (Lipinski definition) is 2. The maximum absolute atomic E-state index is 12.5. The van der Waals surface area contributed by atoms with E-state index in [1.807, 2.05) is 87.5 Å². The van der Waals surface area contributed by atoms with Crippen LogP contribution in [-0.2, 0) is 6.42 Å². The Hall–Kier alpha value is -3.26. The van der Waals surface area contributed by atoms with Crippen LogP contribution >= 0.6 is 0 Å². The second kappa shape index (κ2) is 9.29. The van der Waals surface area contributed by atoms with Crippen LogP contribution in [0.4, 0.5) is 0 Å². The van der Waals surface area contributed by atoms with E-state index in [4.69, 9.17) is 0 Å². The molecule has 0 unspecified atom stereocenters. The lowest BCUT2D eigenvalue weighted by Gasteiger charge is -2.09. The smallest absolute Gasteiger partial charge is 0.185 e. The third-order valence-corrected chi connectivity index (χ3v) is 5.23. The number of rotatable bonds is 7. The van der Waals surface area contributed by atoms with Crippen molar-refractivity contribution in [1.82, 2.24) is 0 Å². The van der Waals surface area contributed by atoms with Gasteiger partial charge in [-0.15, -0.1) is 0 Å². The third kappa shape index (κ3) is 5.39. The molecule has 0 aliphatic heterocycles. The number of carbonyl (C=O) groups is 2. The summed E-state index contributed by atoms with van der Waals surface area (Å²) >= 11 is 0. The van der Waals surface area contributed by atoms with Crippen molar-refractivity contribution in [3.05, 3.63) is 112 Å². The zero-order valence-electron chi connectivity index (χ0n) is 17.2. The molecule has 0 fully saturated rings. The molecule has 0 saturated heterocycles. The fourth-order valence-electron chi connectivity index (χ4n) is 3.27. The van der Waals surface area contributed by atoms with Crippen LogP contribution in [0.15, 0.2) is 72.8 Å². The van der Waals surface area contributed by atoms with E-state index in [1.165, 1.54) is 0 Å². The summed E-state index contributed by atoms with van der Waals surface area (Å²) in [4.78, 5) is 24.9. The molecule has 3 aromatic rings. The van der Waals surface area contributed by atoms with Gasteiger partial charge in [-0.2, -0.15) is 0 Å². The molecule has 0 radical (unpaired) electrons. The summed E-state index contributed by atoms with van der Waals surface area (Å²) in [6.45, 7) is 6.06. The SMILES string of the molecule is Cc1ccc(C(=O)/C=C/c2cccc(CCC(=O)c3ccc(C)cc3)c2C)cc1. The van der Waals surface area contributed by atoms with Gasteiger partial charge in [0.2, 0.25) is 0 Å². The largest absolute Gasteiger partial charge is 0.294 e. The molecule has 0 atom stereocenters. The number of carbonyl (C=O) groups excluding carboxylic acids is 2. The highest BCUT2D eigenvalue weighted by atomic mass is 16.1. The van der Waals surface area contributed by atoms with Crippen LogP contribution < -0.4 is 0 Å². The average Bonchev–Trinajstić information content (AvgIpc) is 2.72. The van der Waals surface area contributed by atoms with Gasteiger partial charge in [0.15, 0.2) is 11.6 Å². The summed E-state index contributed by atoms with van der Waals surface area (Å²) in [5.74, 6) is 0.143. The summed E-state index contributed by atoms with van der Waals surface area (Å²) in [7, 11) is 0. The maximum Gasteiger partial charge on any atom is 0.185 e. The van der Waals surface area contributed by atoms with Crippen molar-refractivity contribution in [1.29, 1.82) is 0 Å². The van der Waals surface area contributed by atoms with Crippen molar-refractivity contribution >= 4 is 17.6 Å². The van der Waals surface area contributed by atoms with E-state index in [-0.39, 0.29) is 11.6 Å². The van der Waals surface area contributed by atoms with Crippen molar-refractivity contribution < 1.29 is 9.59 Å². The number of allylic oxidation sites excluding steroid dienone is 1. The Balaban J connectivity index is 1.68.